The Balaban J connectivity index is 0.0000112. The number of fused-ring (bicyclic) bond motifs is 5. The van der Waals surface area contributed by atoms with Gasteiger partial charge in [0, 0.05) is 12.8 Å². The molecule has 6 saturated heterocycles. The second-order valence-corrected chi connectivity index (χ2v) is 30.9. The molecule has 6 heterocycles. The maximum atomic E-state index is 13.3. The minimum Gasteiger partial charge on any atom is -0.726 e. The van der Waals surface area contributed by atoms with Crippen molar-refractivity contribution in [3.05, 3.63) is 11.6 Å². The van der Waals surface area contributed by atoms with E-state index in [9.17, 15) is 99.5 Å². The van der Waals surface area contributed by atoms with Crippen molar-refractivity contribution >= 4 is 16.2 Å². The van der Waals surface area contributed by atoms with Gasteiger partial charge in [-0.15, -0.1) is 0 Å². The van der Waals surface area contributed by atoms with Crippen molar-refractivity contribution in [3.63, 3.8) is 0 Å². The molecule has 98 heavy (non-hydrogen) atoms. The monoisotopic (exact) mass is 1440 g/mol. The van der Waals surface area contributed by atoms with E-state index < -0.39 is 242 Å². The zero-order chi connectivity index (χ0) is 71.2. The van der Waals surface area contributed by atoms with Gasteiger partial charge in [-0.3, -0.25) is 8.98 Å². The fraction of sp³-hybridized carbons (Fsp3) is 0.952. The molecule has 16 N–H and O–H groups in total. The fourth-order valence-electron chi connectivity index (χ4n) is 17.5. The van der Waals surface area contributed by atoms with E-state index in [1.807, 2.05) is 20.8 Å². The van der Waals surface area contributed by atoms with Crippen LogP contribution < -0.4 is 29.6 Å². The van der Waals surface area contributed by atoms with Crippen LogP contribution in [0.25, 0.3) is 0 Å². The second-order valence-electron chi connectivity index (χ2n) is 29.9. The molecule has 6 aliphatic heterocycles. The van der Waals surface area contributed by atoms with Crippen molar-refractivity contribution in [3.8, 4) is 0 Å². The van der Waals surface area contributed by atoms with Gasteiger partial charge in [-0.05, 0) is 120 Å². The first kappa shape index (κ1) is 81.2. The molecule has 9 fully saturated rings. The van der Waals surface area contributed by atoms with Gasteiger partial charge in [0.05, 0.1) is 55.4 Å². The summed E-state index contributed by atoms with van der Waals surface area (Å²) in [6.07, 6.45) is -51.2. The van der Waals surface area contributed by atoms with E-state index in [-0.39, 0.29) is 84.7 Å². The van der Waals surface area contributed by atoms with Gasteiger partial charge in [0.25, 0.3) is 0 Å². The summed E-state index contributed by atoms with van der Waals surface area (Å²) in [5, 5.41) is 180. The topological polar surface area (TPSA) is 518 Å². The van der Waals surface area contributed by atoms with Crippen LogP contribution in [0.4, 0.5) is 0 Å². The Morgan fingerprint density at radius 1 is 0.561 bits per heavy atom. The first-order valence-corrected chi connectivity index (χ1v) is 35.2. The average molecular weight is 1440 g/mol. The first-order chi connectivity index (χ1) is 45.3. The Hall–Kier alpha value is -0.840. The standard InChI is InChI=1S/C63H104O33S.Na/c1-22(2)16-27(66)19-63(9,80)36-11-10-30-29-18-33(32-17-28(96-97(81,82)83)12-14-61(32,7)31(29)13-15-62(30,36)8)88-58-49(79)52(39(69)25(5)86-58)93-59-53(94-55-44(74)41(71)37(67)23(3)84-55)47(77)50(26(6)87-59)91-60-54(95-56-45(75)42(72)38(68)24(4)85-56)48(78)51(35(21-65)90-60)92-57-46(76)43(73)40(70)34(20-64)89-57;/h13,22-26,28-30,32-60,64-65,67-80H,10-12,14-21H2,1-9H3,(H,81,82,83);/q;+1/p-1/t23?,24?,25?,26?,28-,29?,30?,32?,33?,34?,35?,36-,37?,38?,39?,40?,41?,42?,43?,44?,45?,46?,47?,48?,49?,50?,51?,52?,53?,54?,55?,56?,57?,58?,59?,60?,61+,62-,63?;/m0./s1. The van der Waals surface area contributed by atoms with Crippen LogP contribution in [0, 0.1) is 40.4 Å². The van der Waals surface area contributed by atoms with Crippen LogP contribution in [0.3, 0.4) is 0 Å². The number of Topliss-reactive ketones (excluding diaryl/α,β-unsaturated/α-hetero) is 1. The molecule has 35 unspecified atom stereocenters. The molecule has 3 saturated carbocycles. The maximum Gasteiger partial charge on any atom is 1.00 e. The van der Waals surface area contributed by atoms with Crippen molar-refractivity contribution in [2.75, 3.05) is 13.2 Å². The molecular weight excluding hydrogens is 1340 g/mol. The van der Waals surface area contributed by atoms with Crippen LogP contribution in [-0.4, -0.2) is 316 Å². The predicted molar refractivity (Wildman–Crippen MR) is 321 cm³/mol. The Morgan fingerprint density at radius 2 is 1.03 bits per heavy atom. The maximum absolute atomic E-state index is 13.3. The smallest absolute Gasteiger partial charge is 0.726 e. The van der Waals surface area contributed by atoms with Gasteiger partial charge in [-0.25, -0.2) is 8.42 Å². The van der Waals surface area contributed by atoms with E-state index in [0.29, 0.717) is 32.1 Å². The molecule has 0 bridgehead atoms. The molecular formula is C63H103NaO33S. The van der Waals surface area contributed by atoms with Gasteiger partial charge >= 0.3 is 29.6 Å². The van der Waals surface area contributed by atoms with Crippen LogP contribution >= 0.6 is 0 Å². The second kappa shape index (κ2) is 31.9. The first-order valence-electron chi connectivity index (χ1n) is 33.8. The number of rotatable bonds is 21. The number of ether oxygens (including phenoxy) is 12. The average Bonchev–Trinajstić information content (AvgIpc) is 1.39. The molecule has 0 aromatic carbocycles. The molecule has 560 valence electrons. The minimum absolute atomic E-state index is 0. The Bertz CT molecular complexity index is 2790. The molecule has 0 amide bonds. The van der Waals surface area contributed by atoms with Gasteiger partial charge in [0.2, 0.25) is 10.4 Å². The summed E-state index contributed by atoms with van der Waals surface area (Å²) in [6, 6.07) is 0. The van der Waals surface area contributed by atoms with Crippen molar-refractivity contribution < 1.29 is 190 Å². The Labute approximate surface area is 590 Å². The van der Waals surface area contributed by atoms with E-state index in [1.54, 1.807) is 6.92 Å². The molecule has 10 rings (SSSR count). The van der Waals surface area contributed by atoms with Gasteiger partial charge < -0.3 is 143 Å². The van der Waals surface area contributed by atoms with Crippen LogP contribution in [0.5, 0.6) is 0 Å². The van der Waals surface area contributed by atoms with Crippen LogP contribution in [0.15, 0.2) is 11.6 Å². The molecule has 4 aliphatic carbocycles. The Kier molecular flexibility index (Phi) is 26.5. The van der Waals surface area contributed by atoms with Gasteiger partial charge in [0.1, 0.15) is 128 Å². The number of carbonyl (C=O) groups excluding carboxylic acids is 1. The zero-order valence-corrected chi connectivity index (χ0v) is 59.5. The third-order valence-corrected chi connectivity index (χ3v) is 23.2. The van der Waals surface area contributed by atoms with Crippen molar-refractivity contribution in [1.29, 1.82) is 0 Å². The number of allylic oxidation sites excluding steroid dienone is 2. The summed E-state index contributed by atoms with van der Waals surface area (Å²) in [6.45, 7) is 13.3. The normalized spacial score (nSPS) is 51.4. The summed E-state index contributed by atoms with van der Waals surface area (Å²) in [7, 11) is -5.17. The number of hydrogen-bond acceptors (Lipinski definition) is 33. The van der Waals surface area contributed by atoms with Crippen LogP contribution in [0.2, 0.25) is 0 Å². The molecule has 0 aromatic rings. The largest absolute Gasteiger partial charge is 1.00 e. The van der Waals surface area contributed by atoms with Crippen molar-refractivity contribution in [2.24, 2.45) is 40.4 Å². The van der Waals surface area contributed by atoms with E-state index in [4.69, 9.17) is 61.0 Å². The van der Waals surface area contributed by atoms with Gasteiger partial charge in [-0.1, -0.05) is 39.3 Å². The molecule has 0 radical (unpaired) electrons. The van der Waals surface area contributed by atoms with Crippen LogP contribution in [-0.2, 0) is 76.2 Å². The molecule has 10 aliphatic rings. The fourth-order valence-corrected chi connectivity index (χ4v) is 18.0. The van der Waals surface area contributed by atoms with Gasteiger partial charge in [-0.2, -0.15) is 0 Å². The minimum atomic E-state index is -5.17. The molecule has 39 atom stereocenters. The SMILES string of the molecule is CC(C)CC(=O)CC(C)(O)[C@H]1CCC2C3CC(OC4OC(C)C(O)C(OC5OC(C)C(OC6OC(CO)C(OC7OC(CO)C(O)C(O)C7O)C(O)C6OC6OC(C)C(O)C(O)C6O)C(O)C5OC5OC(C)C(O)C(O)C5O)C4O)C4C[C@@H](OS(=O)(=O)[O-])CC[C@]4(C)C3=CC[C@@]21C.[Na+]. The van der Waals surface area contributed by atoms with E-state index in [2.05, 4.69) is 13.0 Å². The summed E-state index contributed by atoms with van der Waals surface area (Å²) in [5.74, 6) is -1.05. The summed E-state index contributed by atoms with van der Waals surface area (Å²) >= 11 is 0. The number of hydrogen-bond donors (Lipinski definition) is 16. The summed E-state index contributed by atoms with van der Waals surface area (Å²) in [4.78, 5) is 13.3. The number of aliphatic hydroxyl groups is 16. The molecule has 0 spiro atoms. The predicted octanol–water partition coefficient (Wildman–Crippen LogP) is -7.80. The van der Waals surface area contributed by atoms with E-state index in [1.165, 1.54) is 27.7 Å². The van der Waals surface area contributed by atoms with Crippen molar-refractivity contribution in [2.45, 2.75) is 322 Å². The van der Waals surface area contributed by atoms with E-state index in [0.717, 1.165) is 5.57 Å². The molecule has 33 nitrogen and oxygen atoms in total. The Morgan fingerprint density at radius 3 is 1.58 bits per heavy atom. The summed E-state index contributed by atoms with van der Waals surface area (Å²) < 4.78 is 116. The zero-order valence-electron chi connectivity index (χ0n) is 56.7. The van der Waals surface area contributed by atoms with E-state index >= 15 is 0 Å². The van der Waals surface area contributed by atoms with Crippen molar-refractivity contribution in [1.82, 2.24) is 0 Å². The number of aliphatic hydroxyl groups excluding tert-OH is 15. The van der Waals surface area contributed by atoms with Gasteiger partial charge in [0.15, 0.2) is 37.7 Å². The third kappa shape index (κ3) is 16.2. The number of ketones is 1. The number of carbonyl (C=O) groups is 1. The molecule has 0 aromatic heterocycles. The third-order valence-electron chi connectivity index (χ3n) is 22.7. The molecule has 35 heteroatoms. The van der Waals surface area contributed by atoms with Crippen LogP contribution in [0.1, 0.15) is 120 Å². The quantitative estimate of drug-likeness (QED) is 0.0220. The summed E-state index contributed by atoms with van der Waals surface area (Å²) in [5.41, 5.74) is -1.44.